The second-order valence-corrected chi connectivity index (χ2v) is 11.2. The van der Waals surface area contributed by atoms with Gasteiger partial charge in [-0.1, -0.05) is 30.3 Å². The highest BCUT2D eigenvalue weighted by Gasteiger charge is 2.53. The number of benzene rings is 3. The average Bonchev–Trinajstić information content (AvgIpc) is 3.60. The van der Waals surface area contributed by atoms with E-state index < -0.39 is 0 Å². The Kier molecular flexibility index (Phi) is 5.60. The second-order valence-electron chi connectivity index (χ2n) is 11.2. The Balaban J connectivity index is 1.11. The Morgan fingerprint density at radius 2 is 1.65 bits per heavy atom. The van der Waals surface area contributed by atoms with Gasteiger partial charge in [-0.2, -0.15) is 0 Å². The number of carbonyl (C=O) groups excluding carboxylic acids is 1. The van der Waals surface area contributed by atoms with E-state index in [0.717, 1.165) is 49.3 Å². The molecule has 37 heavy (non-hydrogen) atoms. The maximum atomic E-state index is 13.6. The smallest absolute Gasteiger partial charge is 0.253 e. The van der Waals surface area contributed by atoms with Crippen LogP contribution in [0.5, 0.6) is 5.75 Å². The molecule has 3 fully saturated rings. The van der Waals surface area contributed by atoms with E-state index in [-0.39, 0.29) is 5.91 Å². The van der Waals surface area contributed by atoms with Gasteiger partial charge in [-0.3, -0.25) is 4.79 Å². The Labute approximate surface area is 219 Å². The Bertz CT molecular complexity index is 1280. The van der Waals surface area contributed by atoms with Gasteiger partial charge in [0, 0.05) is 43.1 Å². The standard InChI is InChI=1S/C32H35N3O2/c1-37-26-12-10-25(11-13-26)34-15-17-35(18-16-34)32(36)24-9-14-28-27(20-24)29-22-7-8-23(19-22)30(29)31(33-28)21-5-3-2-4-6-21/h2-6,9-14,20,22-23,29-31,33H,7-8,15-19H2,1H3/t22-,23-,29+,30-,31-/m0/s1. The first-order chi connectivity index (χ1) is 18.2. The monoisotopic (exact) mass is 493 g/mol. The van der Waals surface area contributed by atoms with E-state index in [0.29, 0.717) is 17.9 Å². The molecule has 4 aliphatic rings. The number of carbonyl (C=O) groups is 1. The number of rotatable bonds is 4. The van der Waals surface area contributed by atoms with Crippen molar-refractivity contribution >= 4 is 17.3 Å². The number of nitrogens with zero attached hydrogens (tertiary/aromatic N) is 2. The lowest BCUT2D eigenvalue weighted by Gasteiger charge is -2.44. The van der Waals surface area contributed by atoms with Gasteiger partial charge in [0.25, 0.3) is 5.91 Å². The molecular formula is C32H35N3O2. The van der Waals surface area contributed by atoms with Crippen molar-refractivity contribution in [1.82, 2.24) is 4.90 Å². The lowest BCUT2D eigenvalue weighted by molar-refractivity contribution is 0.0746. The second kappa shape index (κ2) is 9.13. The quantitative estimate of drug-likeness (QED) is 0.488. The van der Waals surface area contributed by atoms with Crippen LogP contribution in [-0.2, 0) is 0 Å². The third kappa shape index (κ3) is 3.87. The summed E-state index contributed by atoms with van der Waals surface area (Å²) < 4.78 is 5.29. The van der Waals surface area contributed by atoms with Crippen LogP contribution >= 0.6 is 0 Å². The number of piperazine rings is 1. The maximum Gasteiger partial charge on any atom is 0.253 e. The minimum atomic E-state index is 0.169. The Morgan fingerprint density at radius 1 is 0.892 bits per heavy atom. The summed E-state index contributed by atoms with van der Waals surface area (Å²) in [5.41, 5.74) is 6.03. The van der Waals surface area contributed by atoms with E-state index in [1.54, 1.807) is 7.11 Å². The predicted molar refractivity (Wildman–Crippen MR) is 147 cm³/mol. The summed E-state index contributed by atoms with van der Waals surface area (Å²) in [5, 5.41) is 3.91. The molecule has 2 heterocycles. The van der Waals surface area contributed by atoms with E-state index in [9.17, 15) is 4.79 Å². The molecule has 1 saturated heterocycles. The molecule has 0 spiro atoms. The Morgan fingerprint density at radius 3 is 2.41 bits per heavy atom. The van der Waals surface area contributed by atoms with E-state index in [1.165, 1.54) is 41.8 Å². The maximum absolute atomic E-state index is 13.6. The summed E-state index contributed by atoms with van der Waals surface area (Å²) in [6.45, 7) is 3.18. The molecular weight excluding hydrogens is 458 g/mol. The highest BCUT2D eigenvalue weighted by molar-refractivity contribution is 5.95. The van der Waals surface area contributed by atoms with Crippen LogP contribution in [0.2, 0.25) is 0 Å². The number of fused-ring (bicyclic) bond motifs is 7. The van der Waals surface area contributed by atoms with Crippen molar-refractivity contribution in [3.8, 4) is 5.75 Å². The van der Waals surface area contributed by atoms with E-state index in [2.05, 4.69) is 64.8 Å². The number of methoxy groups -OCH3 is 1. The van der Waals surface area contributed by atoms with Crippen LogP contribution in [0.1, 0.15) is 52.7 Å². The predicted octanol–water partition coefficient (Wildman–Crippen LogP) is 5.95. The summed E-state index contributed by atoms with van der Waals surface area (Å²) in [4.78, 5) is 18.0. The van der Waals surface area contributed by atoms with E-state index in [4.69, 9.17) is 4.74 Å². The number of ether oxygens (including phenoxy) is 1. The molecule has 1 amide bonds. The van der Waals surface area contributed by atoms with Crippen molar-refractivity contribution in [3.05, 3.63) is 89.5 Å². The van der Waals surface area contributed by atoms with Gasteiger partial charge < -0.3 is 19.9 Å². The van der Waals surface area contributed by atoms with Crippen LogP contribution in [0.15, 0.2) is 72.8 Å². The molecule has 5 nitrogen and oxygen atoms in total. The third-order valence-electron chi connectivity index (χ3n) is 9.50. The van der Waals surface area contributed by atoms with Crippen molar-refractivity contribution in [3.63, 3.8) is 0 Å². The van der Waals surface area contributed by atoms with Gasteiger partial charge in [-0.05, 0) is 96.5 Å². The fourth-order valence-corrected chi connectivity index (χ4v) is 7.75. The van der Waals surface area contributed by atoms with Crippen molar-refractivity contribution < 1.29 is 9.53 Å². The summed E-state index contributed by atoms with van der Waals surface area (Å²) in [5.74, 6) is 3.74. The summed E-state index contributed by atoms with van der Waals surface area (Å²) >= 11 is 0. The molecule has 0 aromatic heterocycles. The normalized spacial score (nSPS) is 27.9. The van der Waals surface area contributed by atoms with Crippen LogP contribution < -0.4 is 15.0 Å². The molecule has 5 atom stereocenters. The number of nitrogens with one attached hydrogen (secondary N) is 1. The third-order valence-corrected chi connectivity index (χ3v) is 9.50. The highest BCUT2D eigenvalue weighted by Crippen LogP contribution is 2.63. The number of anilines is 2. The largest absolute Gasteiger partial charge is 0.497 e. The Hall–Kier alpha value is -3.47. The van der Waals surface area contributed by atoms with Crippen molar-refractivity contribution in [2.75, 3.05) is 43.5 Å². The lowest BCUT2D eigenvalue weighted by atomic mass is 9.68. The molecule has 3 aromatic carbocycles. The van der Waals surface area contributed by atoms with Gasteiger partial charge in [0.05, 0.1) is 13.2 Å². The van der Waals surface area contributed by atoms with Gasteiger partial charge in [0.1, 0.15) is 5.75 Å². The van der Waals surface area contributed by atoms with Gasteiger partial charge in [-0.15, -0.1) is 0 Å². The molecule has 0 radical (unpaired) electrons. The van der Waals surface area contributed by atoms with Crippen molar-refractivity contribution in [2.45, 2.75) is 31.2 Å². The minimum Gasteiger partial charge on any atom is -0.497 e. The van der Waals surface area contributed by atoms with Crippen LogP contribution in [0.4, 0.5) is 11.4 Å². The van der Waals surface area contributed by atoms with Crippen LogP contribution in [0, 0.1) is 17.8 Å². The fourth-order valence-electron chi connectivity index (χ4n) is 7.75. The van der Waals surface area contributed by atoms with Gasteiger partial charge in [0.2, 0.25) is 0 Å². The molecule has 2 aliphatic heterocycles. The lowest BCUT2D eigenvalue weighted by Crippen LogP contribution is -2.48. The summed E-state index contributed by atoms with van der Waals surface area (Å²) in [7, 11) is 1.69. The topological polar surface area (TPSA) is 44.8 Å². The van der Waals surface area contributed by atoms with Gasteiger partial charge in [0.15, 0.2) is 0 Å². The molecule has 1 N–H and O–H groups in total. The number of hydrogen-bond acceptors (Lipinski definition) is 4. The van der Waals surface area contributed by atoms with Gasteiger partial charge in [-0.25, -0.2) is 0 Å². The summed E-state index contributed by atoms with van der Waals surface area (Å²) in [6.07, 6.45) is 4.02. The van der Waals surface area contributed by atoms with Gasteiger partial charge >= 0.3 is 0 Å². The first-order valence-electron chi connectivity index (χ1n) is 13.8. The van der Waals surface area contributed by atoms with Crippen LogP contribution in [0.3, 0.4) is 0 Å². The molecule has 2 aliphatic carbocycles. The first kappa shape index (κ1) is 22.7. The van der Waals surface area contributed by atoms with Crippen LogP contribution in [-0.4, -0.2) is 44.1 Å². The molecule has 2 saturated carbocycles. The molecule has 2 bridgehead atoms. The molecule has 0 unspecified atom stereocenters. The van der Waals surface area contributed by atoms with Crippen LogP contribution in [0.25, 0.3) is 0 Å². The highest BCUT2D eigenvalue weighted by atomic mass is 16.5. The zero-order chi connectivity index (χ0) is 24.9. The number of amides is 1. The molecule has 5 heteroatoms. The molecule has 7 rings (SSSR count). The van der Waals surface area contributed by atoms with Crippen molar-refractivity contribution in [1.29, 1.82) is 0 Å². The minimum absolute atomic E-state index is 0.169. The summed E-state index contributed by atoms with van der Waals surface area (Å²) in [6, 6.07) is 26.0. The van der Waals surface area contributed by atoms with E-state index in [1.807, 2.05) is 23.1 Å². The SMILES string of the molecule is COc1ccc(N2CCN(C(=O)c3ccc4c(c3)[C@H]3[C@H]5CC[C@@H](C5)[C@@H]3[C@H](c3ccccc3)N4)CC2)cc1. The zero-order valence-electron chi connectivity index (χ0n) is 21.5. The zero-order valence-corrected chi connectivity index (χ0v) is 21.5. The van der Waals surface area contributed by atoms with Crippen molar-refractivity contribution in [2.24, 2.45) is 17.8 Å². The first-order valence-corrected chi connectivity index (χ1v) is 13.8. The average molecular weight is 494 g/mol. The molecule has 3 aromatic rings. The molecule has 190 valence electrons. The fraction of sp³-hybridized carbons (Fsp3) is 0.406. The van der Waals surface area contributed by atoms with E-state index >= 15 is 0 Å². The number of hydrogen-bond donors (Lipinski definition) is 1.